The third-order valence-electron chi connectivity index (χ3n) is 4.69. The Morgan fingerprint density at radius 1 is 0.893 bits per heavy atom. The number of hydrogen-bond acceptors (Lipinski definition) is 3. The Hall–Kier alpha value is -3.11. The first-order chi connectivity index (χ1) is 13.6. The minimum atomic E-state index is -0.391. The normalized spacial score (nSPS) is 12.8. The van der Waals surface area contributed by atoms with E-state index in [1.807, 2.05) is 43.3 Å². The average molecular weight is 374 g/mol. The number of methoxy groups -OCH3 is 1. The Balaban J connectivity index is 1.77. The minimum Gasteiger partial charge on any atom is -0.497 e. The van der Waals surface area contributed by atoms with E-state index in [0.717, 1.165) is 11.1 Å². The van der Waals surface area contributed by atoms with E-state index in [-0.39, 0.29) is 11.9 Å². The average Bonchev–Trinajstić information content (AvgIpc) is 2.73. The van der Waals surface area contributed by atoms with E-state index in [4.69, 9.17) is 4.74 Å². The van der Waals surface area contributed by atoms with Gasteiger partial charge in [0, 0.05) is 11.8 Å². The Kier molecular flexibility index (Phi) is 6.45. The molecule has 0 saturated carbocycles. The molecule has 0 aliphatic heterocycles. The van der Waals surface area contributed by atoms with E-state index >= 15 is 0 Å². The second-order valence-corrected chi connectivity index (χ2v) is 6.86. The molecule has 0 radical (unpaired) electrons. The van der Waals surface area contributed by atoms with Crippen molar-refractivity contribution in [2.45, 2.75) is 25.9 Å². The van der Waals surface area contributed by atoms with Crippen LogP contribution in [0, 0.1) is 6.92 Å². The summed E-state index contributed by atoms with van der Waals surface area (Å²) in [4.78, 5) is 12.7. The van der Waals surface area contributed by atoms with Gasteiger partial charge in [-0.3, -0.25) is 10.1 Å². The van der Waals surface area contributed by atoms with Gasteiger partial charge in [0.2, 0.25) is 5.91 Å². The lowest BCUT2D eigenvalue weighted by atomic mass is 9.97. The molecule has 0 spiro atoms. The smallest absolute Gasteiger partial charge is 0.241 e. The minimum absolute atomic E-state index is 0.0761. The number of carbonyl (C=O) groups excluding carboxylic acids is 1. The van der Waals surface area contributed by atoms with Gasteiger partial charge in [0.05, 0.1) is 19.2 Å². The van der Waals surface area contributed by atoms with Crippen LogP contribution in [0.1, 0.15) is 29.7 Å². The van der Waals surface area contributed by atoms with Crippen molar-refractivity contribution in [3.63, 3.8) is 0 Å². The molecule has 3 rings (SSSR count). The summed E-state index contributed by atoms with van der Waals surface area (Å²) < 4.78 is 5.22. The number of nitrogens with one attached hydrogen (secondary N) is 2. The highest BCUT2D eigenvalue weighted by Gasteiger charge is 2.21. The zero-order chi connectivity index (χ0) is 19.9. The molecule has 2 N–H and O–H groups in total. The lowest BCUT2D eigenvalue weighted by molar-refractivity contribution is -0.117. The summed E-state index contributed by atoms with van der Waals surface area (Å²) in [6, 6.07) is 25.4. The number of benzene rings is 3. The Morgan fingerprint density at radius 3 is 2.25 bits per heavy atom. The summed E-state index contributed by atoms with van der Waals surface area (Å²) in [6.07, 6.45) is 0. The number of aryl methyl sites for hydroxylation is 1. The van der Waals surface area contributed by atoms with Gasteiger partial charge in [-0.1, -0.05) is 66.2 Å². The molecule has 0 unspecified atom stereocenters. The van der Waals surface area contributed by atoms with Gasteiger partial charge in [0.1, 0.15) is 5.75 Å². The third-order valence-corrected chi connectivity index (χ3v) is 4.69. The third kappa shape index (κ3) is 4.99. The summed E-state index contributed by atoms with van der Waals surface area (Å²) in [5.74, 6) is 0.613. The molecule has 28 heavy (non-hydrogen) atoms. The monoisotopic (exact) mass is 374 g/mol. The van der Waals surface area contributed by atoms with Crippen LogP contribution >= 0.6 is 0 Å². The first-order valence-electron chi connectivity index (χ1n) is 9.39. The molecule has 1 amide bonds. The SMILES string of the molecule is COc1cccc(NC(=O)[C@H](C)N[C@H](c2ccccc2)c2ccc(C)cc2)c1. The molecular weight excluding hydrogens is 348 g/mol. The molecule has 4 nitrogen and oxygen atoms in total. The van der Waals surface area contributed by atoms with Crippen LogP contribution in [0.2, 0.25) is 0 Å². The molecule has 0 heterocycles. The quantitative estimate of drug-likeness (QED) is 0.630. The number of rotatable bonds is 7. The fourth-order valence-corrected chi connectivity index (χ4v) is 3.07. The molecule has 0 fully saturated rings. The maximum absolute atomic E-state index is 12.7. The fraction of sp³-hybridized carbons (Fsp3) is 0.208. The standard InChI is InChI=1S/C24H26N2O2/c1-17-12-14-20(15-13-17)23(19-8-5-4-6-9-19)25-18(2)24(27)26-21-10-7-11-22(16-21)28-3/h4-16,18,23,25H,1-3H3,(H,26,27)/t18-,23+/m0/s1. The first kappa shape index (κ1) is 19.6. The van der Waals surface area contributed by atoms with Crippen LogP contribution in [0.25, 0.3) is 0 Å². The molecule has 4 heteroatoms. The summed E-state index contributed by atoms with van der Waals surface area (Å²) in [5, 5.41) is 6.43. The number of amides is 1. The van der Waals surface area contributed by atoms with Crippen LogP contribution in [0.5, 0.6) is 5.75 Å². The Labute approximate surface area is 166 Å². The maximum Gasteiger partial charge on any atom is 0.241 e. The van der Waals surface area contributed by atoms with Crippen molar-refractivity contribution in [3.8, 4) is 5.75 Å². The van der Waals surface area contributed by atoms with Crippen molar-refractivity contribution in [3.05, 3.63) is 95.6 Å². The van der Waals surface area contributed by atoms with Gasteiger partial charge in [0.15, 0.2) is 0 Å². The van der Waals surface area contributed by atoms with Crippen molar-refractivity contribution in [1.29, 1.82) is 0 Å². The molecule has 0 saturated heterocycles. The van der Waals surface area contributed by atoms with Gasteiger partial charge in [-0.15, -0.1) is 0 Å². The van der Waals surface area contributed by atoms with Gasteiger partial charge < -0.3 is 10.1 Å². The number of ether oxygens (including phenoxy) is 1. The second-order valence-electron chi connectivity index (χ2n) is 6.86. The van der Waals surface area contributed by atoms with E-state index in [0.29, 0.717) is 11.4 Å². The van der Waals surface area contributed by atoms with Crippen LogP contribution in [0.3, 0.4) is 0 Å². The van der Waals surface area contributed by atoms with Gasteiger partial charge in [0.25, 0.3) is 0 Å². The molecule has 0 aliphatic carbocycles. The van der Waals surface area contributed by atoms with Crippen LogP contribution < -0.4 is 15.4 Å². The van der Waals surface area contributed by atoms with Crippen molar-refractivity contribution >= 4 is 11.6 Å². The van der Waals surface area contributed by atoms with Gasteiger partial charge in [-0.2, -0.15) is 0 Å². The van der Waals surface area contributed by atoms with Crippen LogP contribution in [0.4, 0.5) is 5.69 Å². The molecule has 144 valence electrons. The maximum atomic E-state index is 12.7. The van der Waals surface area contributed by atoms with E-state index in [1.165, 1.54) is 5.56 Å². The van der Waals surface area contributed by atoms with Crippen LogP contribution in [-0.2, 0) is 4.79 Å². The number of anilines is 1. The summed E-state index contributed by atoms with van der Waals surface area (Å²) in [5.41, 5.74) is 4.16. The van der Waals surface area contributed by atoms with Crippen molar-refractivity contribution < 1.29 is 9.53 Å². The highest BCUT2D eigenvalue weighted by molar-refractivity contribution is 5.94. The fourth-order valence-electron chi connectivity index (χ4n) is 3.07. The van der Waals surface area contributed by atoms with E-state index in [2.05, 4.69) is 54.0 Å². The summed E-state index contributed by atoms with van der Waals surface area (Å²) >= 11 is 0. The van der Waals surface area contributed by atoms with Crippen LogP contribution in [0.15, 0.2) is 78.9 Å². The number of hydrogen-bond donors (Lipinski definition) is 2. The lowest BCUT2D eigenvalue weighted by Gasteiger charge is -2.24. The van der Waals surface area contributed by atoms with Crippen molar-refractivity contribution in [2.75, 3.05) is 12.4 Å². The molecule has 0 aromatic heterocycles. The molecule has 2 atom stereocenters. The van der Waals surface area contributed by atoms with Gasteiger partial charge in [-0.05, 0) is 37.1 Å². The topological polar surface area (TPSA) is 50.4 Å². The largest absolute Gasteiger partial charge is 0.497 e. The number of carbonyl (C=O) groups is 1. The molecule has 3 aromatic carbocycles. The molecule has 0 bridgehead atoms. The molecule has 0 aliphatic rings. The highest BCUT2D eigenvalue weighted by atomic mass is 16.5. The van der Waals surface area contributed by atoms with Crippen LogP contribution in [-0.4, -0.2) is 19.1 Å². The van der Waals surface area contributed by atoms with Gasteiger partial charge in [-0.25, -0.2) is 0 Å². The zero-order valence-electron chi connectivity index (χ0n) is 16.5. The zero-order valence-corrected chi connectivity index (χ0v) is 16.5. The van der Waals surface area contributed by atoms with Crippen molar-refractivity contribution in [2.24, 2.45) is 0 Å². The second kappa shape index (κ2) is 9.20. The van der Waals surface area contributed by atoms with Crippen molar-refractivity contribution in [1.82, 2.24) is 5.32 Å². The van der Waals surface area contributed by atoms with E-state index in [9.17, 15) is 4.79 Å². The summed E-state index contributed by atoms with van der Waals surface area (Å²) in [6.45, 7) is 3.94. The highest BCUT2D eigenvalue weighted by Crippen LogP contribution is 2.23. The van der Waals surface area contributed by atoms with E-state index < -0.39 is 6.04 Å². The molecular formula is C24H26N2O2. The predicted octanol–water partition coefficient (Wildman–Crippen LogP) is 4.71. The molecule has 3 aromatic rings. The lowest BCUT2D eigenvalue weighted by Crippen LogP contribution is -2.40. The van der Waals surface area contributed by atoms with E-state index in [1.54, 1.807) is 13.2 Å². The van der Waals surface area contributed by atoms with Gasteiger partial charge >= 0.3 is 0 Å². The predicted molar refractivity (Wildman–Crippen MR) is 114 cm³/mol. The summed E-state index contributed by atoms with van der Waals surface area (Å²) in [7, 11) is 1.61. The first-order valence-corrected chi connectivity index (χ1v) is 9.39. The Bertz CT molecular complexity index is 907. The Morgan fingerprint density at radius 2 is 1.57 bits per heavy atom.